The lowest BCUT2D eigenvalue weighted by Gasteiger charge is -2.42. The molecule has 0 bridgehead atoms. The SMILES string of the molecule is CCCCCCOc1ccc(-c2ccc3oc4ccc5c(ccc6oc7ccc(-c8ccc(CCCOCCC)cc8)cc7c65)c4c3c2)cc1.CCCCCCc1cc2oc3ccc4c(ccc5oc6ccccc6c54)c3c2cc1CCCCCC.Cc1ccc2oc3ccc4c(ccc5oc6ccc(C(F)(F)C(F)(F)C(F)(F)C(F)(F)C(F)(F)C(F)(F)C(F)(F)C(F)(F)F)cc6c54)c3c2c1. The van der Waals surface area contributed by atoms with Crippen molar-refractivity contribution in [3.8, 4) is 28.0 Å². The molecule has 0 unspecified atom stereocenters. The standard InChI is InChI=1S/C46H44O4.C34H36O2.C31H13F17O2/c1-3-5-6-7-28-48-36-18-14-33(15-19-36)35-17-23-42-40(30-35)46-38-21-24-43-45(37(38)20-25-44(46)50-42)39-29-34(16-22-41(39)49-43)32-12-10-31(11-13-32)9-8-27-47-26-4-2;1-3-5-7-9-13-23-21-28-32(22-24(23)14-10-8-6-4-2)36-31-20-17-25-26(34(28)31)18-19-30-33(25)27-15-11-12-16-29(27)35-30;1-12-2-6-18-16(10-12)22-14-4-9-21-23(15(14)5-8-20(22)49-18)17-11-13(3-7-19(17)50-21)24(32,33)25(34,35)26(36,37)27(38,39)28(40,41)29(42,43)30(44,45)31(46,47)48/h10-25,29-30H,3-9,26-28H2,1-2H3;11-12,15-22H,3-10,13-14H2,1-2H3;2-11H,1H3. The summed E-state index contributed by atoms with van der Waals surface area (Å²) in [6.07, 6.45) is 12.8. The second-order valence-corrected chi connectivity index (χ2v) is 35.3. The zero-order valence-corrected chi connectivity index (χ0v) is 74.8. The largest absolute Gasteiger partial charge is 0.494 e. The highest BCUT2D eigenvalue weighted by atomic mass is 19.4. The Morgan fingerprint density at radius 2 is 0.603 bits per heavy atom. The monoisotopic (exact) mass is 1880 g/mol. The number of fused-ring (bicyclic) bond motifs is 27. The number of unbranched alkanes of at least 4 members (excludes halogenated alkanes) is 9. The van der Waals surface area contributed by atoms with E-state index in [-0.39, 0.29) is 34.1 Å². The molecule has 136 heavy (non-hydrogen) atoms. The molecule has 0 amide bonds. The quantitative estimate of drug-likeness (QED) is 0.0313. The van der Waals surface area contributed by atoms with E-state index in [0.717, 1.165) is 152 Å². The predicted molar refractivity (Wildman–Crippen MR) is 506 cm³/mol. The van der Waals surface area contributed by atoms with E-state index in [0.29, 0.717) is 33.4 Å². The van der Waals surface area contributed by atoms with Crippen LogP contribution in [-0.4, -0.2) is 61.5 Å². The summed E-state index contributed by atoms with van der Waals surface area (Å²) in [6, 6.07) is 72.1. The van der Waals surface area contributed by atoms with Gasteiger partial charge < -0.3 is 36.0 Å². The van der Waals surface area contributed by atoms with Crippen molar-refractivity contribution in [2.24, 2.45) is 0 Å². The van der Waals surface area contributed by atoms with Crippen LogP contribution >= 0.6 is 0 Å². The number of halogens is 17. The molecule has 6 heterocycles. The van der Waals surface area contributed by atoms with Gasteiger partial charge in [0.15, 0.2) is 0 Å². The van der Waals surface area contributed by atoms with Crippen LogP contribution in [0, 0.1) is 6.92 Å². The molecule has 0 N–H and O–H groups in total. The Morgan fingerprint density at radius 3 is 1.06 bits per heavy atom. The molecule has 0 fully saturated rings. The molecule has 25 heteroatoms. The minimum Gasteiger partial charge on any atom is -0.494 e. The van der Waals surface area contributed by atoms with Crippen LogP contribution in [0.5, 0.6) is 5.75 Å². The van der Waals surface area contributed by atoms with E-state index in [2.05, 4.69) is 191 Å². The Bertz CT molecular complexity index is 7690. The summed E-state index contributed by atoms with van der Waals surface area (Å²) in [6.45, 7) is 13.1. The van der Waals surface area contributed by atoms with Crippen LogP contribution in [0.2, 0.25) is 0 Å². The van der Waals surface area contributed by atoms with Crippen molar-refractivity contribution in [1.82, 2.24) is 0 Å². The first-order valence-corrected chi connectivity index (χ1v) is 45.9. The molecule has 14 aromatic carbocycles. The van der Waals surface area contributed by atoms with Gasteiger partial charge in [-0.2, -0.15) is 74.6 Å². The predicted octanol–water partition coefficient (Wildman–Crippen LogP) is 36.6. The molecule has 0 aliphatic carbocycles. The lowest BCUT2D eigenvalue weighted by molar-refractivity contribution is -0.462. The second-order valence-electron chi connectivity index (χ2n) is 35.3. The van der Waals surface area contributed by atoms with Crippen molar-refractivity contribution in [3.05, 3.63) is 258 Å². The third-order valence-electron chi connectivity index (χ3n) is 26.1. The molecule has 0 atom stereocenters. The fourth-order valence-corrected chi connectivity index (χ4v) is 18.9. The van der Waals surface area contributed by atoms with Gasteiger partial charge in [-0.1, -0.05) is 164 Å². The van der Waals surface area contributed by atoms with Gasteiger partial charge in [-0.15, -0.1) is 0 Å². The van der Waals surface area contributed by atoms with E-state index in [1.807, 2.05) is 6.07 Å². The number of furan rings is 6. The molecule has 6 aromatic heterocycles. The number of ether oxygens (including phenoxy) is 2. The van der Waals surface area contributed by atoms with Crippen LogP contribution in [0.25, 0.3) is 186 Å². The average Bonchev–Trinajstić information content (AvgIpc) is 1.07. The van der Waals surface area contributed by atoms with Gasteiger partial charge >= 0.3 is 47.6 Å². The zero-order valence-electron chi connectivity index (χ0n) is 74.8. The van der Waals surface area contributed by atoms with E-state index in [1.165, 1.54) is 160 Å². The van der Waals surface area contributed by atoms with E-state index < -0.39 is 58.6 Å². The molecule has 704 valence electrons. The molecule has 8 nitrogen and oxygen atoms in total. The maximum Gasteiger partial charge on any atom is 0.460 e. The smallest absolute Gasteiger partial charge is 0.460 e. The van der Waals surface area contributed by atoms with Gasteiger partial charge in [-0.3, -0.25) is 0 Å². The molecule has 20 rings (SSSR count). The van der Waals surface area contributed by atoms with Crippen LogP contribution in [0.3, 0.4) is 0 Å². The number of alkyl halides is 17. The van der Waals surface area contributed by atoms with E-state index in [4.69, 9.17) is 36.0 Å². The maximum atomic E-state index is 15.2. The van der Waals surface area contributed by atoms with Crippen molar-refractivity contribution in [3.63, 3.8) is 0 Å². The highest BCUT2D eigenvalue weighted by Gasteiger charge is 2.95. The topological polar surface area (TPSA) is 97.3 Å². The van der Waals surface area contributed by atoms with E-state index in [1.54, 1.807) is 25.1 Å². The van der Waals surface area contributed by atoms with Crippen LogP contribution in [0.1, 0.15) is 145 Å². The fourth-order valence-electron chi connectivity index (χ4n) is 18.9. The normalized spacial score (nSPS) is 13.1. The van der Waals surface area contributed by atoms with Gasteiger partial charge in [0, 0.05) is 83.4 Å². The van der Waals surface area contributed by atoms with Crippen LogP contribution in [0.15, 0.2) is 257 Å². The fraction of sp³-hybridized carbons (Fsp3) is 0.297. The minimum absolute atomic E-state index is 0.0229. The summed E-state index contributed by atoms with van der Waals surface area (Å²) >= 11 is 0. The van der Waals surface area contributed by atoms with Gasteiger partial charge in [-0.25, -0.2) is 0 Å². The van der Waals surface area contributed by atoms with Gasteiger partial charge in [0.25, 0.3) is 0 Å². The van der Waals surface area contributed by atoms with Gasteiger partial charge in [0.2, 0.25) is 0 Å². The number of hydrogen-bond acceptors (Lipinski definition) is 8. The lowest BCUT2D eigenvalue weighted by Crippen LogP contribution is -2.74. The molecule has 0 saturated heterocycles. The Hall–Kier alpha value is -12.8. The second kappa shape index (κ2) is 36.7. The molecular weight excluding hydrogens is 1780 g/mol. The number of rotatable bonds is 31. The van der Waals surface area contributed by atoms with Crippen LogP contribution < -0.4 is 4.74 Å². The molecule has 0 aliphatic heterocycles. The van der Waals surface area contributed by atoms with Crippen LogP contribution in [0.4, 0.5) is 74.6 Å². The Kier molecular flexibility index (Phi) is 25.3. The first-order chi connectivity index (χ1) is 65.1. The molecular formula is C111H93F17O8. The lowest BCUT2D eigenvalue weighted by atomic mass is 9.87. The Labute approximate surface area is 768 Å². The van der Waals surface area contributed by atoms with Gasteiger partial charge in [0.05, 0.1) is 6.61 Å². The van der Waals surface area contributed by atoms with Crippen molar-refractivity contribution >= 4 is 164 Å². The van der Waals surface area contributed by atoms with Crippen molar-refractivity contribution in [2.45, 2.75) is 191 Å². The van der Waals surface area contributed by atoms with Crippen molar-refractivity contribution in [1.29, 1.82) is 0 Å². The summed E-state index contributed by atoms with van der Waals surface area (Å²) in [4.78, 5) is 0. The van der Waals surface area contributed by atoms with Gasteiger partial charge in [0.1, 0.15) is 72.7 Å². The van der Waals surface area contributed by atoms with E-state index in [9.17, 15) is 65.9 Å². The number of hydrogen-bond donors (Lipinski definition) is 0. The third-order valence-corrected chi connectivity index (χ3v) is 26.1. The number of benzene rings is 14. The first-order valence-electron chi connectivity index (χ1n) is 45.9. The molecule has 0 radical (unpaired) electrons. The number of para-hydroxylation sites is 1. The van der Waals surface area contributed by atoms with Gasteiger partial charge in [-0.05, 0) is 287 Å². The van der Waals surface area contributed by atoms with Crippen LogP contribution in [-0.2, 0) is 29.9 Å². The summed E-state index contributed by atoms with van der Waals surface area (Å²) in [5, 5.41) is 15.1. The summed E-state index contributed by atoms with van der Waals surface area (Å²) in [5.74, 6) is -56.2. The summed E-state index contributed by atoms with van der Waals surface area (Å²) in [7, 11) is 0. The Morgan fingerprint density at radius 1 is 0.243 bits per heavy atom. The highest BCUT2D eigenvalue weighted by molar-refractivity contribution is 6.31. The summed E-state index contributed by atoms with van der Waals surface area (Å²) < 4.78 is 285. The van der Waals surface area contributed by atoms with Crippen molar-refractivity contribution in [2.75, 3.05) is 19.8 Å². The molecule has 0 aliphatic rings. The summed E-state index contributed by atoms with van der Waals surface area (Å²) in [5.41, 5.74) is 15.2. The molecule has 0 spiro atoms. The molecule has 0 saturated carbocycles. The minimum atomic E-state index is -8.70. The highest BCUT2D eigenvalue weighted by Crippen LogP contribution is 2.66. The zero-order chi connectivity index (χ0) is 95.8. The average molecular weight is 1880 g/mol. The molecule has 20 aromatic rings. The maximum absolute atomic E-state index is 15.2. The third kappa shape index (κ3) is 16.4. The Balaban J connectivity index is 0.000000138. The number of aryl methyl sites for hydroxylation is 4. The first kappa shape index (κ1) is 93.6. The van der Waals surface area contributed by atoms with Crippen molar-refractivity contribution < 1.29 is 111 Å². The van der Waals surface area contributed by atoms with E-state index >= 15 is 8.78 Å².